The van der Waals surface area contributed by atoms with Crippen LogP contribution in [0.2, 0.25) is 0 Å². The van der Waals surface area contributed by atoms with Crippen LogP contribution in [0.5, 0.6) is 5.75 Å². The van der Waals surface area contributed by atoms with Gasteiger partial charge in [0.25, 0.3) is 5.91 Å². The Kier molecular flexibility index (Phi) is 6.06. The van der Waals surface area contributed by atoms with Crippen molar-refractivity contribution in [1.82, 2.24) is 9.80 Å². The van der Waals surface area contributed by atoms with E-state index in [9.17, 15) is 9.59 Å². The molecular weight excluding hydrogens is 318 g/mol. The van der Waals surface area contributed by atoms with E-state index in [4.69, 9.17) is 10.5 Å². The van der Waals surface area contributed by atoms with Crippen molar-refractivity contribution < 1.29 is 14.3 Å². The summed E-state index contributed by atoms with van der Waals surface area (Å²) in [6, 6.07) is 7.79. The molecule has 1 fully saturated rings. The number of ether oxygens (including phenoxy) is 1. The van der Waals surface area contributed by atoms with Crippen molar-refractivity contribution in [2.45, 2.75) is 45.8 Å². The summed E-state index contributed by atoms with van der Waals surface area (Å²) in [5.74, 6) is 0.551. The third-order valence-electron chi connectivity index (χ3n) is 4.42. The second-order valence-corrected chi connectivity index (χ2v) is 7.10. The number of carbonyl (C=O) groups excluding carboxylic acids is 2. The van der Waals surface area contributed by atoms with Crippen molar-refractivity contribution in [2.24, 2.45) is 5.73 Å². The zero-order chi connectivity index (χ0) is 18.6. The minimum absolute atomic E-state index is 0.0568. The van der Waals surface area contributed by atoms with Crippen LogP contribution in [0.3, 0.4) is 0 Å². The Morgan fingerprint density at radius 2 is 1.64 bits per heavy atom. The second-order valence-electron chi connectivity index (χ2n) is 7.10. The molecule has 6 heteroatoms. The first-order chi connectivity index (χ1) is 11.7. The zero-order valence-corrected chi connectivity index (χ0v) is 15.6. The Hall–Kier alpha value is -2.08. The van der Waals surface area contributed by atoms with Gasteiger partial charge in [0.05, 0.1) is 5.54 Å². The van der Waals surface area contributed by atoms with Crippen LogP contribution < -0.4 is 10.5 Å². The number of nitrogens with two attached hydrogens (primary N) is 1. The van der Waals surface area contributed by atoms with Crippen LogP contribution in [0.15, 0.2) is 24.3 Å². The summed E-state index contributed by atoms with van der Waals surface area (Å²) in [4.78, 5) is 28.2. The number of amides is 2. The van der Waals surface area contributed by atoms with Crippen LogP contribution in [-0.2, 0) is 16.0 Å². The first-order valence-corrected chi connectivity index (χ1v) is 8.85. The molecular formula is C19H29N3O3. The molecule has 1 aromatic carbocycles. The van der Waals surface area contributed by atoms with Gasteiger partial charge in [0.1, 0.15) is 5.75 Å². The molecule has 2 rings (SSSR count). The predicted molar refractivity (Wildman–Crippen MR) is 97.3 cm³/mol. The van der Waals surface area contributed by atoms with Gasteiger partial charge in [0.2, 0.25) is 5.91 Å². The van der Waals surface area contributed by atoms with E-state index >= 15 is 0 Å². The number of rotatable bonds is 5. The summed E-state index contributed by atoms with van der Waals surface area (Å²) < 4.78 is 5.77. The SMILES string of the molecule is CCc1ccc(OC(C)C(=O)N2CCN(C(=O)C(C)(C)N)CC2)cc1. The van der Waals surface area contributed by atoms with Crippen molar-refractivity contribution in [3.05, 3.63) is 29.8 Å². The molecule has 0 saturated carbocycles. The molecule has 1 aromatic rings. The minimum Gasteiger partial charge on any atom is -0.481 e. The van der Waals surface area contributed by atoms with Gasteiger partial charge in [0, 0.05) is 26.2 Å². The highest BCUT2D eigenvalue weighted by atomic mass is 16.5. The van der Waals surface area contributed by atoms with Crippen molar-refractivity contribution in [3.8, 4) is 5.75 Å². The maximum atomic E-state index is 12.6. The summed E-state index contributed by atoms with van der Waals surface area (Å²) >= 11 is 0. The lowest BCUT2D eigenvalue weighted by Gasteiger charge is -2.38. The van der Waals surface area contributed by atoms with Crippen LogP contribution in [0.4, 0.5) is 0 Å². The lowest BCUT2D eigenvalue weighted by molar-refractivity contribution is -0.145. The van der Waals surface area contributed by atoms with E-state index in [0.29, 0.717) is 31.9 Å². The van der Waals surface area contributed by atoms with Crippen molar-refractivity contribution in [3.63, 3.8) is 0 Å². The second kappa shape index (κ2) is 7.87. The van der Waals surface area contributed by atoms with Gasteiger partial charge in [-0.05, 0) is 44.9 Å². The molecule has 138 valence electrons. The molecule has 0 aliphatic carbocycles. The number of aryl methyl sites for hydroxylation is 1. The first-order valence-electron chi connectivity index (χ1n) is 8.85. The fourth-order valence-corrected chi connectivity index (χ4v) is 2.85. The molecule has 0 radical (unpaired) electrons. The highest BCUT2D eigenvalue weighted by Crippen LogP contribution is 2.16. The highest BCUT2D eigenvalue weighted by molar-refractivity contribution is 5.86. The average Bonchev–Trinajstić information content (AvgIpc) is 2.60. The van der Waals surface area contributed by atoms with E-state index in [1.54, 1.807) is 30.6 Å². The fraction of sp³-hybridized carbons (Fsp3) is 0.579. The third-order valence-corrected chi connectivity index (χ3v) is 4.42. The highest BCUT2D eigenvalue weighted by Gasteiger charge is 2.32. The van der Waals surface area contributed by atoms with Crippen molar-refractivity contribution in [1.29, 1.82) is 0 Å². The van der Waals surface area contributed by atoms with Gasteiger partial charge in [-0.2, -0.15) is 0 Å². The molecule has 1 aliphatic heterocycles. The monoisotopic (exact) mass is 347 g/mol. The van der Waals surface area contributed by atoms with E-state index in [-0.39, 0.29) is 11.8 Å². The lowest BCUT2D eigenvalue weighted by Crippen LogP contribution is -2.58. The van der Waals surface area contributed by atoms with Gasteiger partial charge < -0.3 is 20.3 Å². The molecule has 1 unspecified atom stereocenters. The molecule has 2 N–H and O–H groups in total. The average molecular weight is 347 g/mol. The maximum absolute atomic E-state index is 12.6. The van der Waals surface area contributed by atoms with Gasteiger partial charge in [-0.1, -0.05) is 19.1 Å². The van der Waals surface area contributed by atoms with E-state index in [2.05, 4.69) is 6.92 Å². The molecule has 1 atom stereocenters. The first kappa shape index (κ1) is 19.2. The van der Waals surface area contributed by atoms with Gasteiger partial charge in [-0.25, -0.2) is 0 Å². The number of benzene rings is 1. The molecule has 0 spiro atoms. The van der Waals surface area contributed by atoms with Gasteiger partial charge >= 0.3 is 0 Å². The Balaban J connectivity index is 1.87. The Morgan fingerprint density at radius 3 is 2.12 bits per heavy atom. The third kappa shape index (κ3) is 4.95. The van der Waals surface area contributed by atoms with E-state index in [1.165, 1.54) is 5.56 Å². The Bertz CT molecular complexity index is 599. The zero-order valence-electron chi connectivity index (χ0n) is 15.6. The number of carbonyl (C=O) groups is 2. The molecule has 1 heterocycles. The fourth-order valence-electron chi connectivity index (χ4n) is 2.85. The summed E-state index contributed by atoms with van der Waals surface area (Å²) in [7, 11) is 0. The van der Waals surface area contributed by atoms with Gasteiger partial charge in [0.15, 0.2) is 6.10 Å². The van der Waals surface area contributed by atoms with E-state index in [0.717, 1.165) is 6.42 Å². The quantitative estimate of drug-likeness (QED) is 0.874. The topological polar surface area (TPSA) is 75.9 Å². The van der Waals surface area contributed by atoms with E-state index < -0.39 is 11.6 Å². The Morgan fingerprint density at radius 1 is 1.12 bits per heavy atom. The van der Waals surface area contributed by atoms with Crippen molar-refractivity contribution in [2.75, 3.05) is 26.2 Å². The largest absolute Gasteiger partial charge is 0.481 e. The molecule has 1 saturated heterocycles. The maximum Gasteiger partial charge on any atom is 0.263 e. The molecule has 6 nitrogen and oxygen atoms in total. The normalized spacial score (nSPS) is 16.5. The van der Waals surface area contributed by atoms with Crippen LogP contribution in [0.1, 0.15) is 33.3 Å². The van der Waals surface area contributed by atoms with Crippen LogP contribution in [-0.4, -0.2) is 59.4 Å². The summed E-state index contributed by atoms with van der Waals surface area (Å²) in [5.41, 5.74) is 6.22. The minimum atomic E-state index is -0.882. The van der Waals surface area contributed by atoms with Crippen molar-refractivity contribution >= 4 is 11.8 Å². The summed E-state index contributed by atoms with van der Waals surface area (Å²) in [6.07, 6.45) is 0.415. The molecule has 1 aliphatic rings. The molecule has 0 bridgehead atoms. The lowest BCUT2D eigenvalue weighted by atomic mass is 10.0. The van der Waals surface area contributed by atoms with Crippen LogP contribution in [0, 0.1) is 0 Å². The van der Waals surface area contributed by atoms with Crippen LogP contribution in [0.25, 0.3) is 0 Å². The number of hydrogen-bond acceptors (Lipinski definition) is 4. The summed E-state index contributed by atoms with van der Waals surface area (Å²) in [5, 5.41) is 0. The van der Waals surface area contributed by atoms with Crippen LogP contribution >= 0.6 is 0 Å². The smallest absolute Gasteiger partial charge is 0.263 e. The molecule has 2 amide bonds. The summed E-state index contributed by atoms with van der Waals surface area (Å²) in [6.45, 7) is 9.27. The van der Waals surface area contributed by atoms with E-state index in [1.807, 2.05) is 24.3 Å². The number of nitrogens with zero attached hydrogens (tertiary/aromatic N) is 2. The van der Waals surface area contributed by atoms with Gasteiger partial charge in [-0.15, -0.1) is 0 Å². The molecule has 0 aromatic heterocycles. The Labute approximate surface area is 149 Å². The van der Waals surface area contributed by atoms with Gasteiger partial charge in [-0.3, -0.25) is 9.59 Å². The molecule has 25 heavy (non-hydrogen) atoms. The predicted octanol–water partition coefficient (Wildman–Crippen LogP) is 1.42. The standard InChI is InChI=1S/C19H29N3O3/c1-5-15-6-8-16(9-7-15)25-14(2)17(23)21-10-12-22(13-11-21)18(24)19(3,4)20/h6-9,14H,5,10-13,20H2,1-4H3. The number of piperazine rings is 1. The number of hydrogen-bond donors (Lipinski definition) is 1.